The van der Waals surface area contributed by atoms with Gasteiger partial charge in [0.15, 0.2) is 0 Å². The van der Waals surface area contributed by atoms with E-state index in [0.29, 0.717) is 13.1 Å². The molecule has 0 bridgehead atoms. The summed E-state index contributed by atoms with van der Waals surface area (Å²) in [6, 6.07) is 9.62. The number of benzene rings is 1. The van der Waals surface area contributed by atoms with Gasteiger partial charge in [-0.1, -0.05) is 12.1 Å². The predicted molar refractivity (Wildman–Crippen MR) is 102 cm³/mol. The van der Waals surface area contributed by atoms with Crippen molar-refractivity contribution in [2.75, 3.05) is 26.7 Å². The second-order valence-corrected chi connectivity index (χ2v) is 7.26. The zero-order chi connectivity index (χ0) is 18.4. The molecule has 0 saturated carbocycles. The van der Waals surface area contributed by atoms with Gasteiger partial charge in [-0.05, 0) is 47.5 Å². The smallest absolute Gasteiger partial charge is 0.321 e. The first kappa shape index (κ1) is 18.4. The number of ether oxygens (including phenoxy) is 1. The Morgan fingerprint density at radius 1 is 1.27 bits per heavy atom. The van der Waals surface area contributed by atoms with E-state index in [4.69, 9.17) is 4.74 Å². The largest absolute Gasteiger partial charge is 0.497 e. The van der Waals surface area contributed by atoms with Gasteiger partial charge >= 0.3 is 6.03 Å². The van der Waals surface area contributed by atoms with E-state index in [1.54, 1.807) is 18.4 Å². The molecule has 0 spiro atoms. The van der Waals surface area contributed by atoms with Crippen molar-refractivity contribution in [2.45, 2.75) is 19.4 Å². The van der Waals surface area contributed by atoms with E-state index >= 15 is 0 Å². The molecule has 1 aliphatic rings. The molecule has 6 nitrogen and oxygen atoms in total. The zero-order valence-corrected chi connectivity index (χ0v) is 15.6. The first-order chi connectivity index (χ1) is 12.6. The third kappa shape index (κ3) is 5.06. The lowest BCUT2D eigenvalue weighted by Gasteiger charge is -2.28. The van der Waals surface area contributed by atoms with E-state index in [2.05, 4.69) is 16.7 Å². The van der Waals surface area contributed by atoms with Gasteiger partial charge in [-0.25, -0.2) is 4.79 Å². The molecule has 7 heteroatoms. The molecule has 0 atom stereocenters. The summed E-state index contributed by atoms with van der Waals surface area (Å²) in [7, 11) is 1.65. The Labute approximate surface area is 157 Å². The molecular formula is C19H23N3O3S. The monoisotopic (exact) mass is 373 g/mol. The summed E-state index contributed by atoms with van der Waals surface area (Å²) in [6.07, 6.45) is 1.66. The number of nitrogens with zero attached hydrogens (tertiary/aromatic N) is 1. The first-order valence-corrected chi connectivity index (χ1v) is 9.50. The second kappa shape index (κ2) is 8.82. The molecule has 1 aromatic heterocycles. The average molecular weight is 373 g/mol. The van der Waals surface area contributed by atoms with E-state index in [1.165, 1.54) is 16.0 Å². The van der Waals surface area contributed by atoms with Crippen molar-refractivity contribution < 1.29 is 14.3 Å². The number of urea groups is 1. The maximum Gasteiger partial charge on any atom is 0.321 e. The van der Waals surface area contributed by atoms with Gasteiger partial charge in [0, 0.05) is 24.5 Å². The van der Waals surface area contributed by atoms with Crippen LogP contribution in [0.15, 0.2) is 35.7 Å². The van der Waals surface area contributed by atoms with Gasteiger partial charge in [-0.2, -0.15) is 0 Å². The third-order valence-corrected chi connectivity index (χ3v) is 5.30. The fourth-order valence-corrected chi connectivity index (χ4v) is 3.73. The lowest BCUT2D eigenvalue weighted by molar-refractivity contribution is -0.121. The molecule has 3 amide bonds. The summed E-state index contributed by atoms with van der Waals surface area (Å²) in [5.41, 5.74) is 2.46. The van der Waals surface area contributed by atoms with Crippen LogP contribution in [0.1, 0.15) is 16.0 Å². The molecule has 0 aliphatic carbocycles. The van der Waals surface area contributed by atoms with Gasteiger partial charge < -0.3 is 10.1 Å². The van der Waals surface area contributed by atoms with Gasteiger partial charge in [0.2, 0.25) is 5.91 Å². The molecule has 0 radical (unpaired) electrons. The molecule has 0 fully saturated rings. The minimum atomic E-state index is -0.439. The van der Waals surface area contributed by atoms with Crippen LogP contribution in [0.5, 0.6) is 5.75 Å². The van der Waals surface area contributed by atoms with Crippen molar-refractivity contribution in [3.63, 3.8) is 0 Å². The Bertz CT molecular complexity index is 761. The summed E-state index contributed by atoms with van der Waals surface area (Å²) < 4.78 is 5.26. The maximum atomic E-state index is 12.1. The zero-order valence-electron chi connectivity index (χ0n) is 14.8. The van der Waals surface area contributed by atoms with Crippen LogP contribution in [0.25, 0.3) is 0 Å². The van der Waals surface area contributed by atoms with Crippen molar-refractivity contribution in [1.29, 1.82) is 0 Å². The van der Waals surface area contributed by atoms with E-state index < -0.39 is 6.03 Å². The Balaban J connectivity index is 1.42. The first-order valence-electron chi connectivity index (χ1n) is 8.62. The van der Waals surface area contributed by atoms with Crippen molar-refractivity contribution in [1.82, 2.24) is 15.5 Å². The number of hydrogen-bond donors (Lipinski definition) is 2. The van der Waals surface area contributed by atoms with Gasteiger partial charge in [-0.15, -0.1) is 11.3 Å². The Hall–Kier alpha value is -2.38. The number of amides is 3. The molecule has 0 saturated heterocycles. The number of fused-ring (bicyclic) bond motifs is 1. The van der Waals surface area contributed by atoms with Crippen LogP contribution in [-0.2, 0) is 24.2 Å². The number of carbonyl (C=O) groups is 2. The van der Waals surface area contributed by atoms with Crippen molar-refractivity contribution in [3.05, 3.63) is 51.7 Å². The number of thiophene rings is 1. The van der Waals surface area contributed by atoms with E-state index in [0.717, 1.165) is 25.1 Å². The molecule has 0 unspecified atom stereocenters. The molecule has 2 aromatic rings. The van der Waals surface area contributed by atoms with Crippen LogP contribution in [-0.4, -0.2) is 43.6 Å². The number of imide groups is 1. The Morgan fingerprint density at radius 2 is 2.15 bits per heavy atom. The molecule has 3 rings (SSSR count). The predicted octanol–water partition coefficient (Wildman–Crippen LogP) is 2.18. The van der Waals surface area contributed by atoms with Crippen LogP contribution in [0, 0.1) is 0 Å². The van der Waals surface area contributed by atoms with Gasteiger partial charge in [-0.3, -0.25) is 15.0 Å². The normalized spacial score (nSPS) is 13.7. The fraction of sp³-hybridized carbons (Fsp3) is 0.368. The number of methoxy groups -OCH3 is 1. The number of nitrogens with one attached hydrogen (secondary N) is 2. The summed E-state index contributed by atoms with van der Waals surface area (Å²) in [5, 5.41) is 7.13. The van der Waals surface area contributed by atoms with Crippen molar-refractivity contribution in [3.8, 4) is 5.75 Å². The standard InChI is InChI=1S/C19H23N3O3S/c1-25-16-5-4-14-7-9-22(12-15(14)11-16)13-18(23)21-19(24)20-8-6-17-3-2-10-26-17/h2-5,10-11H,6-9,12-13H2,1H3,(H2,20,21,23,24). The highest BCUT2D eigenvalue weighted by atomic mass is 32.1. The van der Waals surface area contributed by atoms with Gasteiger partial charge in [0.25, 0.3) is 0 Å². The fourth-order valence-electron chi connectivity index (χ4n) is 3.02. The lowest BCUT2D eigenvalue weighted by atomic mass is 9.99. The lowest BCUT2D eigenvalue weighted by Crippen LogP contribution is -2.45. The van der Waals surface area contributed by atoms with Crippen LogP contribution < -0.4 is 15.4 Å². The Morgan fingerprint density at radius 3 is 2.92 bits per heavy atom. The minimum absolute atomic E-state index is 0.203. The minimum Gasteiger partial charge on any atom is -0.497 e. The van der Waals surface area contributed by atoms with Crippen LogP contribution >= 0.6 is 11.3 Å². The average Bonchev–Trinajstić information content (AvgIpc) is 3.14. The summed E-state index contributed by atoms with van der Waals surface area (Å²) in [6.45, 7) is 2.19. The van der Waals surface area contributed by atoms with Crippen LogP contribution in [0.3, 0.4) is 0 Å². The van der Waals surface area contributed by atoms with Gasteiger partial charge in [0.05, 0.1) is 13.7 Å². The van der Waals surface area contributed by atoms with E-state index in [-0.39, 0.29) is 12.5 Å². The SMILES string of the molecule is COc1ccc2c(c1)CN(CC(=O)NC(=O)NCCc1cccs1)CC2. The van der Waals surface area contributed by atoms with Crippen LogP contribution in [0.4, 0.5) is 4.79 Å². The van der Waals surface area contributed by atoms with Crippen molar-refractivity contribution in [2.24, 2.45) is 0 Å². The summed E-state index contributed by atoms with van der Waals surface area (Å²) >= 11 is 1.65. The number of rotatable bonds is 6. The topological polar surface area (TPSA) is 70.7 Å². The highest BCUT2D eigenvalue weighted by molar-refractivity contribution is 7.09. The van der Waals surface area contributed by atoms with Crippen LogP contribution in [0.2, 0.25) is 0 Å². The second-order valence-electron chi connectivity index (χ2n) is 6.23. The molecule has 26 heavy (non-hydrogen) atoms. The molecular weight excluding hydrogens is 350 g/mol. The molecule has 2 heterocycles. The Kier molecular flexibility index (Phi) is 6.25. The van der Waals surface area contributed by atoms with E-state index in [9.17, 15) is 9.59 Å². The number of hydrogen-bond acceptors (Lipinski definition) is 5. The summed E-state index contributed by atoms with van der Waals surface area (Å²) in [4.78, 5) is 27.2. The van der Waals surface area contributed by atoms with E-state index in [1.807, 2.05) is 34.5 Å². The third-order valence-electron chi connectivity index (χ3n) is 4.36. The molecule has 2 N–H and O–H groups in total. The molecule has 1 aromatic carbocycles. The highest BCUT2D eigenvalue weighted by Crippen LogP contribution is 2.23. The maximum absolute atomic E-state index is 12.1. The molecule has 138 valence electrons. The van der Waals surface area contributed by atoms with Crippen molar-refractivity contribution >= 4 is 23.3 Å². The number of carbonyl (C=O) groups excluding carboxylic acids is 2. The molecule has 1 aliphatic heterocycles. The van der Waals surface area contributed by atoms with Gasteiger partial charge in [0.1, 0.15) is 5.75 Å². The summed E-state index contributed by atoms with van der Waals surface area (Å²) in [5.74, 6) is 0.533. The highest BCUT2D eigenvalue weighted by Gasteiger charge is 2.19. The quantitative estimate of drug-likeness (QED) is 0.814.